The number of carbonyl (C=O) groups is 1. The Morgan fingerprint density at radius 1 is 1.03 bits per heavy atom. The quantitative estimate of drug-likeness (QED) is 0.445. The third kappa shape index (κ3) is 4.38. The van der Waals surface area contributed by atoms with Crippen molar-refractivity contribution in [1.82, 2.24) is 14.9 Å². The number of ether oxygens (including phenoxy) is 2. The Morgan fingerprint density at radius 2 is 1.76 bits per heavy atom. The van der Waals surface area contributed by atoms with Gasteiger partial charge in [-0.05, 0) is 54.2 Å². The molecule has 0 bridgehead atoms. The fourth-order valence-electron chi connectivity index (χ4n) is 3.76. The molecule has 1 amide bonds. The van der Waals surface area contributed by atoms with E-state index in [1.54, 1.807) is 18.2 Å². The summed E-state index contributed by atoms with van der Waals surface area (Å²) in [6.45, 7) is 1.02. The van der Waals surface area contributed by atoms with Gasteiger partial charge in [0, 0.05) is 5.56 Å². The summed E-state index contributed by atoms with van der Waals surface area (Å²) < 4.78 is 13.4. The van der Waals surface area contributed by atoms with Crippen LogP contribution >= 0.6 is 12.2 Å². The van der Waals surface area contributed by atoms with Crippen LogP contribution in [0.5, 0.6) is 11.5 Å². The van der Waals surface area contributed by atoms with Crippen LogP contribution in [0, 0.1) is 4.77 Å². The van der Waals surface area contributed by atoms with Crippen molar-refractivity contribution in [2.24, 2.45) is 0 Å². The van der Waals surface area contributed by atoms with Gasteiger partial charge in [-0.3, -0.25) is 14.2 Å². The molecule has 2 heterocycles. The van der Waals surface area contributed by atoms with E-state index in [2.05, 4.69) is 10.3 Å². The Kier molecular flexibility index (Phi) is 5.66. The number of rotatable bonds is 5. The van der Waals surface area contributed by atoms with Gasteiger partial charge in [-0.1, -0.05) is 36.4 Å². The minimum absolute atomic E-state index is 0.146. The molecule has 1 aromatic heterocycles. The van der Waals surface area contributed by atoms with E-state index >= 15 is 0 Å². The lowest BCUT2D eigenvalue weighted by molar-refractivity contribution is 0.0789. The van der Waals surface area contributed by atoms with E-state index in [0.717, 1.165) is 5.56 Å². The first-order valence-corrected chi connectivity index (χ1v) is 11.0. The minimum Gasteiger partial charge on any atom is -0.486 e. The summed E-state index contributed by atoms with van der Waals surface area (Å²) in [6, 6.07) is 21.8. The summed E-state index contributed by atoms with van der Waals surface area (Å²) in [4.78, 5) is 28.5. The summed E-state index contributed by atoms with van der Waals surface area (Å²) in [6.07, 6.45) is -0.260. The second-order valence-corrected chi connectivity index (χ2v) is 8.16. The molecule has 5 rings (SSSR count). The first kappa shape index (κ1) is 21.0. The first-order valence-electron chi connectivity index (χ1n) is 10.6. The van der Waals surface area contributed by atoms with Crippen LogP contribution in [-0.2, 0) is 6.54 Å². The average molecular weight is 460 g/mol. The van der Waals surface area contributed by atoms with Crippen molar-refractivity contribution in [2.45, 2.75) is 12.6 Å². The summed E-state index contributed by atoms with van der Waals surface area (Å²) in [7, 11) is 0. The molecule has 0 radical (unpaired) electrons. The molecular weight excluding hydrogens is 438 g/mol. The van der Waals surface area contributed by atoms with Crippen LogP contribution in [0.25, 0.3) is 10.9 Å². The molecule has 0 saturated carbocycles. The van der Waals surface area contributed by atoms with Crippen molar-refractivity contribution in [3.63, 3.8) is 0 Å². The highest BCUT2D eigenvalue weighted by molar-refractivity contribution is 7.71. The predicted molar refractivity (Wildman–Crippen MR) is 128 cm³/mol. The number of H-pyrrole nitrogens is 1. The maximum absolute atomic E-state index is 12.8. The molecule has 3 aromatic carbocycles. The Morgan fingerprint density at radius 3 is 2.58 bits per heavy atom. The zero-order chi connectivity index (χ0) is 22.8. The third-order valence-corrected chi connectivity index (χ3v) is 5.83. The standard InChI is InChI=1S/C25H21N3O4S/c29-23(26-13-18-15-31-21-7-3-4-8-22(21)32-18)17-11-9-16(10-12-17)14-28-24(30)19-5-1-2-6-20(19)27-25(28)33/h1-12,18H,13-15H2,(H,26,29)(H,27,33)/t18-/m1/s1. The second kappa shape index (κ2) is 8.91. The molecule has 0 saturated heterocycles. The van der Waals surface area contributed by atoms with Gasteiger partial charge in [0.15, 0.2) is 16.3 Å². The van der Waals surface area contributed by atoms with Crippen molar-refractivity contribution in [1.29, 1.82) is 0 Å². The number of para-hydroxylation sites is 3. The molecule has 0 aliphatic carbocycles. The van der Waals surface area contributed by atoms with E-state index in [4.69, 9.17) is 21.7 Å². The van der Waals surface area contributed by atoms with E-state index < -0.39 is 0 Å². The number of carbonyl (C=O) groups excluding carboxylic acids is 1. The van der Waals surface area contributed by atoms with Crippen molar-refractivity contribution in [3.8, 4) is 11.5 Å². The van der Waals surface area contributed by atoms with Crippen molar-refractivity contribution < 1.29 is 14.3 Å². The highest BCUT2D eigenvalue weighted by Crippen LogP contribution is 2.30. The zero-order valence-corrected chi connectivity index (χ0v) is 18.4. The lowest BCUT2D eigenvalue weighted by Gasteiger charge is -2.26. The van der Waals surface area contributed by atoms with Gasteiger partial charge in [0.1, 0.15) is 12.7 Å². The fourth-order valence-corrected chi connectivity index (χ4v) is 4.02. The number of nitrogens with one attached hydrogen (secondary N) is 2. The lowest BCUT2D eigenvalue weighted by Crippen LogP contribution is -2.40. The fraction of sp³-hybridized carbons (Fsp3) is 0.160. The van der Waals surface area contributed by atoms with Gasteiger partial charge in [0.25, 0.3) is 11.5 Å². The van der Waals surface area contributed by atoms with E-state index in [0.29, 0.717) is 52.4 Å². The third-order valence-electron chi connectivity index (χ3n) is 5.50. The van der Waals surface area contributed by atoms with E-state index in [9.17, 15) is 9.59 Å². The normalized spacial score (nSPS) is 14.7. The van der Waals surface area contributed by atoms with Gasteiger partial charge in [-0.2, -0.15) is 0 Å². The van der Waals surface area contributed by atoms with E-state index in [1.165, 1.54) is 4.57 Å². The van der Waals surface area contributed by atoms with Crippen LogP contribution in [0.15, 0.2) is 77.6 Å². The number of hydrogen-bond acceptors (Lipinski definition) is 5. The molecule has 8 heteroatoms. The molecule has 33 heavy (non-hydrogen) atoms. The topological polar surface area (TPSA) is 85.3 Å². The second-order valence-electron chi connectivity index (χ2n) is 7.77. The molecule has 0 spiro atoms. The zero-order valence-electron chi connectivity index (χ0n) is 17.6. The number of fused-ring (bicyclic) bond motifs is 2. The summed E-state index contributed by atoms with van der Waals surface area (Å²) in [5, 5.41) is 3.47. The smallest absolute Gasteiger partial charge is 0.262 e. The molecular formula is C25H21N3O4S. The van der Waals surface area contributed by atoms with Crippen molar-refractivity contribution >= 4 is 29.0 Å². The number of benzene rings is 3. The Bertz CT molecular complexity index is 1440. The van der Waals surface area contributed by atoms with E-state index in [1.807, 2.05) is 54.6 Å². The summed E-state index contributed by atoms with van der Waals surface area (Å²) in [5.41, 5.74) is 1.95. The molecule has 2 N–H and O–H groups in total. The number of hydrogen-bond donors (Lipinski definition) is 2. The van der Waals surface area contributed by atoms with Crippen LogP contribution in [0.4, 0.5) is 0 Å². The van der Waals surface area contributed by atoms with Crippen LogP contribution in [0.3, 0.4) is 0 Å². The monoisotopic (exact) mass is 459 g/mol. The molecule has 1 aliphatic heterocycles. The number of aromatic amines is 1. The van der Waals surface area contributed by atoms with E-state index in [-0.39, 0.29) is 17.6 Å². The van der Waals surface area contributed by atoms with Gasteiger partial charge in [-0.15, -0.1) is 0 Å². The van der Waals surface area contributed by atoms with Gasteiger partial charge >= 0.3 is 0 Å². The first-order chi connectivity index (χ1) is 16.1. The predicted octanol–water partition coefficient (Wildman–Crippen LogP) is 3.68. The van der Waals surface area contributed by atoms with Gasteiger partial charge in [0.2, 0.25) is 0 Å². The maximum Gasteiger partial charge on any atom is 0.262 e. The van der Waals surface area contributed by atoms with Gasteiger partial charge < -0.3 is 19.8 Å². The largest absolute Gasteiger partial charge is 0.486 e. The molecule has 166 valence electrons. The lowest BCUT2D eigenvalue weighted by atomic mass is 10.1. The number of aromatic nitrogens is 2. The SMILES string of the molecule is O=C(NC[C@@H]1COc2ccccc2O1)c1ccc(Cn2c(=S)[nH]c3ccccc3c2=O)cc1. The highest BCUT2D eigenvalue weighted by Gasteiger charge is 2.21. The van der Waals surface area contributed by atoms with Gasteiger partial charge in [0.05, 0.1) is 24.0 Å². The minimum atomic E-state index is -0.260. The number of amides is 1. The maximum atomic E-state index is 12.8. The van der Waals surface area contributed by atoms with Gasteiger partial charge in [-0.25, -0.2) is 0 Å². The molecule has 0 fully saturated rings. The molecule has 4 aromatic rings. The van der Waals surface area contributed by atoms with Crippen molar-refractivity contribution in [2.75, 3.05) is 13.2 Å². The number of nitrogens with zero attached hydrogens (tertiary/aromatic N) is 1. The Balaban J connectivity index is 1.24. The van der Waals surface area contributed by atoms with Crippen LogP contribution in [0.1, 0.15) is 15.9 Å². The Hall–Kier alpha value is -3.91. The van der Waals surface area contributed by atoms with Crippen LogP contribution < -0.4 is 20.3 Å². The molecule has 1 aliphatic rings. The van der Waals surface area contributed by atoms with Crippen LogP contribution in [-0.4, -0.2) is 34.7 Å². The van der Waals surface area contributed by atoms with Crippen molar-refractivity contribution in [3.05, 3.63) is 99.0 Å². The Labute approximate surface area is 194 Å². The summed E-state index contributed by atoms with van der Waals surface area (Å²) >= 11 is 5.38. The molecule has 0 unspecified atom stereocenters. The molecule has 7 nitrogen and oxygen atoms in total. The summed E-state index contributed by atoms with van der Waals surface area (Å²) in [5.74, 6) is 1.18. The average Bonchev–Trinajstić information content (AvgIpc) is 2.85. The molecule has 1 atom stereocenters. The highest BCUT2D eigenvalue weighted by atomic mass is 32.1. The van der Waals surface area contributed by atoms with Crippen LogP contribution in [0.2, 0.25) is 0 Å².